The molecule has 92 valence electrons. The Balaban J connectivity index is 3.84. The van der Waals surface area contributed by atoms with Gasteiger partial charge < -0.3 is 20.6 Å². The summed E-state index contributed by atoms with van der Waals surface area (Å²) in [5.41, 5.74) is 0. The Labute approximate surface area is 90.9 Å². The van der Waals surface area contributed by atoms with Crippen LogP contribution in [0.15, 0.2) is 0 Å². The molecule has 0 heterocycles. The Kier molecular flexibility index (Phi) is 6.52. The van der Waals surface area contributed by atoms with Gasteiger partial charge in [0.25, 0.3) is 5.09 Å². The Morgan fingerprint density at radius 2 is 2.19 bits per heavy atom. The second-order valence-electron chi connectivity index (χ2n) is 2.78. The first kappa shape index (κ1) is 14.1. The minimum absolute atomic E-state index is 0.0874. The lowest BCUT2D eigenvalue weighted by atomic mass is 10.3. The highest BCUT2D eigenvalue weighted by atomic mass is 16.9. The summed E-state index contributed by atoms with van der Waals surface area (Å²) in [6.07, 6.45) is 0. The molecule has 1 atom stereocenters. The normalized spacial score (nSPS) is 11.4. The van der Waals surface area contributed by atoms with E-state index in [0.29, 0.717) is 0 Å². The van der Waals surface area contributed by atoms with E-state index in [1.54, 1.807) is 0 Å². The van der Waals surface area contributed by atoms with Gasteiger partial charge in [-0.15, -0.1) is 10.1 Å². The number of carbonyl (C=O) groups is 2. The molecule has 0 aromatic heterocycles. The van der Waals surface area contributed by atoms with Crippen LogP contribution in [0.3, 0.4) is 0 Å². The van der Waals surface area contributed by atoms with E-state index in [2.05, 4.69) is 15.5 Å². The average Bonchev–Trinajstić information content (AvgIpc) is 2.20. The molecule has 0 saturated carbocycles. The SMILES string of the molecule is CC(=O)N[C@@H](CO)C(=O)NCCO[N+](=O)[O-]. The van der Waals surface area contributed by atoms with Gasteiger partial charge in [0.2, 0.25) is 11.8 Å². The number of hydrogen-bond donors (Lipinski definition) is 3. The second-order valence-corrected chi connectivity index (χ2v) is 2.78. The number of amides is 2. The highest BCUT2D eigenvalue weighted by Gasteiger charge is 2.17. The van der Waals surface area contributed by atoms with Gasteiger partial charge in [-0.25, -0.2) is 0 Å². The molecule has 3 N–H and O–H groups in total. The third kappa shape index (κ3) is 6.54. The molecule has 9 nitrogen and oxygen atoms in total. The van der Waals surface area contributed by atoms with Crippen LogP contribution < -0.4 is 10.6 Å². The average molecular weight is 235 g/mol. The zero-order valence-corrected chi connectivity index (χ0v) is 8.63. The van der Waals surface area contributed by atoms with Gasteiger partial charge in [0.15, 0.2) is 0 Å². The Bertz CT molecular complexity index is 269. The first-order valence-electron chi connectivity index (χ1n) is 4.40. The third-order valence-electron chi connectivity index (χ3n) is 1.47. The summed E-state index contributed by atoms with van der Waals surface area (Å²) in [4.78, 5) is 35.6. The highest BCUT2D eigenvalue weighted by Crippen LogP contribution is 1.83. The van der Waals surface area contributed by atoms with Crippen LogP contribution in [-0.2, 0) is 14.4 Å². The lowest BCUT2D eigenvalue weighted by Gasteiger charge is -2.14. The summed E-state index contributed by atoms with van der Waals surface area (Å²) < 4.78 is 0. The van der Waals surface area contributed by atoms with Crippen LogP contribution >= 0.6 is 0 Å². The van der Waals surface area contributed by atoms with Crippen LogP contribution in [0.25, 0.3) is 0 Å². The molecule has 0 saturated heterocycles. The van der Waals surface area contributed by atoms with Gasteiger partial charge in [0, 0.05) is 13.5 Å². The van der Waals surface area contributed by atoms with E-state index in [1.807, 2.05) is 0 Å². The van der Waals surface area contributed by atoms with E-state index in [9.17, 15) is 19.7 Å². The van der Waals surface area contributed by atoms with E-state index >= 15 is 0 Å². The van der Waals surface area contributed by atoms with Crippen molar-refractivity contribution >= 4 is 11.8 Å². The van der Waals surface area contributed by atoms with Crippen LogP contribution in [0, 0.1) is 10.1 Å². The summed E-state index contributed by atoms with van der Waals surface area (Å²) in [5, 5.41) is 22.0. The fraction of sp³-hybridized carbons (Fsp3) is 0.714. The van der Waals surface area contributed by atoms with Crippen molar-refractivity contribution in [1.82, 2.24) is 10.6 Å². The zero-order valence-electron chi connectivity index (χ0n) is 8.63. The zero-order chi connectivity index (χ0) is 12.6. The summed E-state index contributed by atoms with van der Waals surface area (Å²) in [6, 6.07) is -1.06. The molecule has 0 fully saturated rings. The molecule has 0 aromatic carbocycles. The van der Waals surface area contributed by atoms with E-state index in [0.717, 1.165) is 0 Å². The molecule has 0 aliphatic carbocycles. The molecule has 0 aromatic rings. The monoisotopic (exact) mass is 235 g/mol. The Morgan fingerprint density at radius 1 is 1.56 bits per heavy atom. The number of nitrogens with one attached hydrogen (secondary N) is 2. The van der Waals surface area contributed by atoms with Crippen molar-refractivity contribution in [2.45, 2.75) is 13.0 Å². The van der Waals surface area contributed by atoms with E-state index in [1.165, 1.54) is 6.92 Å². The maximum Gasteiger partial charge on any atom is 0.294 e. The van der Waals surface area contributed by atoms with Gasteiger partial charge in [0.05, 0.1) is 6.61 Å². The number of hydrogen-bond acceptors (Lipinski definition) is 6. The van der Waals surface area contributed by atoms with Crippen LogP contribution in [0.1, 0.15) is 6.92 Å². The lowest BCUT2D eigenvalue weighted by Crippen LogP contribution is -2.48. The highest BCUT2D eigenvalue weighted by molar-refractivity contribution is 5.86. The van der Waals surface area contributed by atoms with Crippen molar-refractivity contribution in [2.24, 2.45) is 0 Å². The minimum Gasteiger partial charge on any atom is -0.394 e. The molecule has 2 amide bonds. The quantitative estimate of drug-likeness (QED) is 0.261. The molecule has 0 rings (SSSR count). The van der Waals surface area contributed by atoms with E-state index in [4.69, 9.17) is 5.11 Å². The molecular formula is C7H13N3O6. The van der Waals surface area contributed by atoms with Gasteiger partial charge in [-0.2, -0.15) is 0 Å². The fourth-order valence-corrected chi connectivity index (χ4v) is 0.857. The molecule has 0 aliphatic heterocycles. The number of rotatable bonds is 7. The van der Waals surface area contributed by atoms with Gasteiger partial charge in [-0.05, 0) is 0 Å². The van der Waals surface area contributed by atoms with E-state index in [-0.39, 0.29) is 13.2 Å². The number of aliphatic hydroxyl groups excluding tert-OH is 1. The van der Waals surface area contributed by atoms with Crippen molar-refractivity contribution in [3.8, 4) is 0 Å². The van der Waals surface area contributed by atoms with Crippen molar-refractivity contribution in [1.29, 1.82) is 0 Å². The first-order valence-corrected chi connectivity index (χ1v) is 4.40. The van der Waals surface area contributed by atoms with Crippen LogP contribution in [0.5, 0.6) is 0 Å². The molecule has 0 spiro atoms. The number of carbonyl (C=O) groups excluding carboxylic acids is 2. The second kappa shape index (κ2) is 7.40. The van der Waals surface area contributed by atoms with Gasteiger partial charge >= 0.3 is 0 Å². The predicted octanol–water partition coefficient (Wildman–Crippen LogP) is -2.19. The van der Waals surface area contributed by atoms with Crippen LogP contribution in [0.2, 0.25) is 0 Å². The van der Waals surface area contributed by atoms with Crippen molar-refractivity contribution in [2.75, 3.05) is 19.8 Å². The minimum atomic E-state index is -1.06. The van der Waals surface area contributed by atoms with Gasteiger partial charge in [0.1, 0.15) is 12.6 Å². The van der Waals surface area contributed by atoms with Gasteiger partial charge in [-0.3, -0.25) is 9.59 Å². The summed E-state index contributed by atoms with van der Waals surface area (Å²) in [7, 11) is 0. The Hall–Kier alpha value is -1.90. The maximum atomic E-state index is 11.2. The van der Waals surface area contributed by atoms with Crippen molar-refractivity contribution in [3.05, 3.63) is 10.1 Å². The fourth-order valence-electron chi connectivity index (χ4n) is 0.857. The summed E-state index contributed by atoms with van der Waals surface area (Å²) in [6.45, 7) is 0.264. The smallest absolute Gasteiger partial charge is 0.294 e. The van der Waals surface area contributed by atoms with Gasteiger partial charge in [-0.1, -0.05) is 0 Å². The molecule has 0 aliphatic rings. The third-order valence-corrected chi connectivity index (χ3v) is 1.47. The maximum absolute atomic E-state index is 11.2. The summed E-state index contributed by atoms with van der Waals surface area (Å²) >= 11 is 0. The molecule has 0 unspecified atom stereocenters. The molecule has 0 radical (unpaired) electrons. The largest absolute Gasteiger partial charge is 0.394 e. The first-order chi connectivity index (χ1) is 7.47. The van der Waals surface area contributed by atoms with Crippen LogP contribution in [0.4, 0.5) is 0 Å². The lowest BCUT2D eigenvalue weighted by molar-refractivity contribution is -0.757. The standard InChI is InChI=1S/C7H13N3O6/c1-5(12)9-6(4-11)7(13)8-2-3-16-10(14)15/h6,11H,2-4H2,1H3,(H,8,13)(H,9,12)/t6-/m0/s1. The summed E-state index contributed by atoms with van der Waals surface area (Å²) in [5.74, 6) is -1.10. The Morgan fingerprint density at radius 3 is 2.62 bits per heavy atom. The van der Waals surface area contributed by atoms with E-state index < -0.39 is 29.5 Å². The number of nitrogens with zero attached hydrogens (tertiary/aromatic N) is 1. The molecular weight excluding hydrogens is 222 g/mol. The number of aliphatic hydroxyl groups is 1. The van der Waals surface area contributed by atoms with Crippen LogP contribution in [-0.4, -0.2) is 47.8 Å². The molecule has 0 bridgehead atoms. The van der Waals surface area contributed by atoms with Crippen molar-refractivity contribution < 1.29 is 24.6 Å². The van der Waals surface area contributed by atoms with Crippen molar-refractivity contribution in [3.63, 3.8) is 0 Å². The molecule has 9 heteroatoms. The molecule has 16 heavy (non-hydrogen) atoms. The predicted molar refractivity (Wildman–Crippen MR) is 50.6 cm³/mol. The topological polar surface area (TPSA) is 131 Å².